The van der Waals surface area contributed by atoms with Crippen molar-refractivity contribution in [2.75, 3.05) is 12.3 Å². The van der Waals surface area contributed by atoms with E-state index in [-0.39, 0.29) is 24.1 Å². The highest BCUT2D eigenvalue weighted by Crippen LogP contribution is 2.17. The third kappa shape index (κ3) is 8.13. The molecule has 0 aliphatic rings. The summed E-state index contributed by atoms with van der Waals surface area (Å²) in [7, 11) is 0. The van der Waals surface area contributed by atoms with E-state index in [2.05, 4.69) is 27.8 Å². The molecule has 2 aromatic carbocycles. The van der Waals surface area contributed by atoms with Crippen molar-refractivity contribution in [3.63, 3.8) is 0 Å². The number of aryl methyl sites for hydroxylation is 1. The van der Waals surface area contributed by atoms with Gasteiger partial charge in [-0.15, -0.1) is 10.2 Å². The van der Waals surface area contributed by atoms with Crippen LogP contribution in [0.3, 0.4) is 0 Å². The molecule has 0 unspecified atom stereocenters. The Balaban J connectivity index is 1.44. The molecule has 186 valence electrons. The molecule has 1 heterocycles. The fourth-order valence-electron chi connectivity index (χ4n) is 3.42. The van der Waals surface area contributed by atoms with Crippen molar-refractivity contribution in [2.45, 2.75) is 58.0 Å². The summed E-state index contributed by atoms with van der Waals surface area (Å²) in [5.41, 5.74) is 2.40. The Bertz CT molecular complexity index is 1090. The molecular formula is C26H33N5O3S. The Labute approximate surface area is 210 Å². The third-order valence-electron chi connectivity index (χ3n) is 5.46. The number of aromatic nitrogens is 3. The Kier molecular flexibility index (Phi) is 10.2. The molecule has 0 aliphatic heterocycles. The van der Waals surface area contributed by atoms with Crippen LogP contribution < -0.4 is 15.4 Å². The van der Waals surface area contributed by atoms with Crippen LogP contribution in [-0.4, -0.2) is 45.0 Å². The van der Waals surface area contributed by atoms with E-state index >= 15 is 0 Å². The van der Waals surface area contributed by atoms with Gasteiger partial charge in [0, 0.05) is 13.1 Å². The summed E-state index contributed by atoms with van der Waals surface area (Å²) in [6.07, 6.45) is 1.10. The van der Waals surface area contributed by atoms with Crippen molar-refractivity contribution in [3.8, 4) is 5.75 Å². The molecule has 0 saturated carbocycles. The van der Waals surface area contributed by atoms with Gasteiger partial charge in [0.15, 0.2) is 17.1 Å². The molecule has 0 radical (unpaired) electrons. The van der Waals surface area contributed by atoms with Gasteiger partial charge in [-0.2, -0.15) is 0 Å². The number of benzene rings is 2. The normalized spacial score (nSPS) is 11.6. The number of nitrogens with one attached hydrogen (secondary N) is 2. The SMILES string of the molecule is CCc1ccc(O[C@@H](C)C(=O)NCc2nnc(SCC(=O)NCCc3ccccc3)n2CC)cc1. The number of carbonyl (C=O) groups excluding carboxylic acids is 2. The van der Waals surface area contributed by atoms with Crippen LogP contribution in [0.2, 0.25) is 0 Å². The molecule has 35 heavy (non-hydrogen) atoms. The number of nitrogens with zero attached hydrogens (tertiary/aromatic N) is 3. The van der Waals surface area contributed by atoms with E-state index in [1.54, 1.807) is 6.92 Å². The zero-order chi connectivity index (χ0) is 25.0. The number of amides is 2. The Hall–Kier alpha value is -3.33. The molecule has 0 spiro atoms. The van der Waals surface area contributed by atoms with Crippen molar-refractivity contribution in [1.82, 2.24) is 25.4 Å². The maximum absolute atomic E-state index is 12.5. The zero-order valence-corrected chi connectivity index (χ0v) is 21.3. The second-order valence-corrected chi connectivity index (χ2v) is 8.94. The smallest absolute Gasteiger partial charge is 0.261 e. The lowest BCUT2D eigenvalue weighted by Crippen LogP contribution is -2.36. The first-order valence-electron chi connectivity index (χ1n) is 11.9. The van der Waals surface area contributed by atoms with E-state index in [1.165, 1.54) is 22.9 Å². The highest BCUT2D eigenvalue weighted by Gasteiger charge is 2.17. The van der Waals surface area contributed by atoms with Crippen molar-refractivity contribution in [3.05, 3.63) is 71.5 Å². The molecule has 1 aromatic heterocycles. The molecular weight excluding hydrogens is 462 g/mol. The number of carbonyl (C=O) groups is 2. The molecule has 2 amide bonds. The van der Waals surface area contributed by atoms with Crippen LogP contribution in [0, 0.1) is 0 Å². The number of ether oxygens (including phenoxy) is 1. The van der Waals surface area contributed by atoms with E-state index in [9.17, 15) is 9.59 Å². The van der Waals surface area contributed by atoms with Gasteiger partial charge in [-0.05, 0) is 49.9 Å². The van der Waals surface area contributed by atoms with Crippen LogP contribution in [0.4, 0.5) is 0 Å². The average molecular weight is 496 g/mol. The molecule has 0 aliphatic carbocycles. The number of thioether (sulfide) groups is 1. The van der Waals surface area contributed by atoms with Gasteiger partial charge in [0.1, 0.15) is 5.75 Å². The van der Waals surface area contributed by atoms with Crippen LogP contribution in [0.15, 0.2) is 59.8 Å². The van der Waals surface area contributed by atoms with Gasteiger partial charge in [0.25, 0.3) is 5.91 Å². The molecule has 3 rings (SSSR count). The molecule has 9 heteroatoms. The van der Waals surface area contributed by atoms with Crippen molar-refractivity contribution in [1.29, 1.82) is 0 Å². The van der Waals surface area contributed by atoms with Gasteiger partial charge in [-0.1, -0.05) is 61.2 Å². The monoisotopic (exact) mass is 495 g/mol. The predicted octanol–water partition coefficient (Wildman–Crippen LogP) is 3.40. The maximum Gasteiger partial charge on any atom is 0.261 e. The first-order chi connectivity index (χ1) is 17.0. The fraction of sp³-hybridized carbons (Fsp3) is 0.385. The number of hydrogen-bond donors (Lipinski definition) is 2. The van der Waals surface area contributed by atoms with E-state index in [1.807, 2.05) is 66.1 Å². The highest BCUT2D eigenvalue weighted by molar-refractivity contribution is 7.99. The summed E-state index contributed by atoms with van der Waals surface area (Å²) >= 11 is 1.33. The molecule has 0 saturated heterocycles. The summed E-state index contributed by atoms with van der Waals surface area (Å²) in [5.74, 6) is 1.25. The summed E-state index contributed by atoms with van der Waals surface area (Å²) in [6, 6.07) is 17.8. The van der Waals surface area contributed by atoms with Crippen LogP contribution in [0.1, 0.15) is 37.7 Å². The first-order valence-corrected chi connectivity index (χ1v) is 12.9. The minimum atomic E-state index is -0.645. The average Bonchev–Trinajstić information content (AvgIpc) is 3.28. The van der Waals surface area contributed by atoms with Crippen molar-refractivity contribution < 1.29 is 14.3 Å². The Morgan fingerprint density at radius 2 is 1.74 bits per heavy atom. The van der Waals surface area contributed by atoms with Crippen LogP contribution in [-0.2, 0) is 35.5 Å². The Morgan fingerprint density at radius 3 is 2.43 bits per heavy atom. The zero-order valence-electron chi connectivity index (χ0n) is 20.5. The second kappa shape index (κ2) is 13.5. The predicted molar refractivity (Wildman–Crippen MR) is 137 cm³/mol. The van der Waals surface area contributed by atoms with Crippen molar-refractivity contribution >= 4 is 23.6 Å². The van der Waals surface area contributed by atoms with Gasteiger partial charge in [-0.3, -0.25) is 9.59 Å². The highest BCUT2D eigenvalue weighted by atomic mass is 32.2. The first kappa shape index (κ1) is 26.3. The third-order valence-corrected chi connectivity index (χ3v) is 6.42. The molecule has 0 bridgehead atoms. The summed E-state index contributed by atoms with van der Waals surface area (Å²) in [6.45, 7) is 7.23. The van der Waals surface area contributed by atoms with Crippen LogP contribution in [0.25, 0.3) is 0 Å². The second-order valence-electron chi connectivity index (χ2n) is 7.99. The summed E-state index contributed by atoms with van der Waals surface area (Å²) in [5, 5.41) is 14.9. The number of rotatable bonds is 13. The van der Waals surface area contributed by atoms with E-state index in [0.717, 1.165) is 12.8 Å². The van der Waals surface area contributed by atoms with Crippen LogP contribution in [0.5, 0.6) is 5.75 Å². The fourth-order valence-corrected chi connectivity index (χ4v) is 4.27. The molecule has 8 nitrogen and oxygen atoms in total. The standard InChI is InChI=1S/C26H33N5O3S/c1-4-20-11-13-22(14-12-20)34-19(3)25(33)28-17-23-29-30-26(31(23)5-2)35-18-24(32)27-16-15-21-9-7-6-8-10-21/h6-14,19H,4-5,15-18H2,1-3H3,(H,27,32)(H,28,33)/t19-/m0/s1. The summed E-state index contributed by atoms with van der Waals surface area (Å²) in [4.78, 5) is 24.7. The lowest BCUT2D eigenvalue weighted by molar-refractivity contribution is -0.127. The quantitative estimate of drug-likeness (QED) is 0.353. The van der Waals surface area contributed by atoms with E-state index in [4.69, 9.17) is 4.74 Å². The van der Waals surface area contributed by atoms with Crippen LogP contribution >= 0.6 is 11.8 Å². The van der Waals surface area contributed by atoms with Gasteiger partial charge < -0.3 is 19.9 Å². The summed E-state index contributed by atoms with van der Waals surface area (Å²) < 4.78 is 7.65. The lowest BCUT2D eigenvalue weighted by atomic mass is 10.1. The van der Waals surface area contributed by atoms with E-state index in [0.29, 0.717) is 29.8 Å². The molecule has 0 fully saturated rings. The number of hydrogen-bond acceptors (Lipinski definition) is 6. The van der Waals surface area contributed by atoms with Gasteiger partial charge in [-0.25, -0.2) is 0 Å². The van der Waals surface area contributed by atoms with Gasteiger partial charge >= 0.3 is 0 Å². The van der Waals surface area contributed by atoms with E-state index < -0.39 is 6.10 Å². The lowest BCUT2D eigenvalue weighted by Gasteiger charge is -2.15. The molecule has 1 atom stereocenters. The molecule has 3 aromatic rings. The largest absolute Gasteiger partial charge is 0.481 e. The van der Waals surface area contributed by atoms with Gasteiger partial charge in [0.2, 0.25) is 5.91 Å². The molecule has 2 N–H and O–H groups in total. The van der Waals surface area contributed by atoms with Gasteiger partial charge in [0.05, 0.1) is 12.3 Å². The maximum atomic E-state index is 12.5. The topological polar surface area (TPSA) is 98.1 Å². The minimum Gasteiger partial charge on any atom is -0.481 e. The Morgan fingerprint density at radius 1 is 1.00 bits per heavy atom. The minimum absolute atomic E-state index is 0.0515. The van der Waals surface area contributed by atoms with Crippen molar-refractivity contribution in [2.24, 2.45) is 0 Å².